The van der Waals surface area contributed by atoms with Gasteiger partial charge in [0.25, 0.3) is 0 Å². The molecule has 0 heterocycles. The maximum absolute atomic E-state index is 12.6. The fourth-order valence-corrected chi connectivity index (χ4v) is 1.56. The molecule has 3 heteroatoms. The summed E-state index contributed by atoms with van der Waals surface area (Å²) in [6.07, 6.45) is 0.688. The molecule has 0 aromatic rings. The molecule has 1 aliphatic carbocycles. The molecule has 0 spiro atoms. The van der Waals surface area contributed by atoms with Crippen molar-refractivity contribution in [1.29, 1.82) is 0 Å². The van der Waals surface area contributed by atoms with Crippen molar-refractivity contribution in [3.8, 4) is 0 Å². The fraction of sp³-hybridized carbons (Fsp3) is 1.00. The van der Waals surface area contributed by atoms with Crippen molar-refractivity contribution >= 4 is 0 Å². The molecule has 1 unspecified atom stereocenters. The molecular weight excluding hydrogens is 148 g/mol. The quantitative estimate of drug-likeness (QED) is 0.657. The van der Waals surface area contributed by atoms with Crippen molar-refractivity contribution in [2.45, 2.75) is 51.1 Å². The topological polar surface area (TPSA) is 12.0 Å². The Kier molecular flexibility index (Phi) is 2.47. The number of alkyl halides is 2. The van der Waals surface area contributed by atoms with E-state index < -0.39 is 5.92 Å². The zero-order valence-electron chi connectivity index (χ0n) is 7.03. The van der Waals surface area contributed by atoms with Gasteiger partial charge in [-0.25, -0.2) is 8.78 Å². The average molecular weight is 163 g/mol. The van der Waals surface area contributed by atoms with Crippen molar-refractivity contribution in [3.05, 3.63) is 0 Å². The minimum absolute atomic E-state index is 0.0190. The Hall–Kier alpha value is -0.180. The predicted octanol–water partition coefficient (Wildman–Crippen LogP) is 2.17. The monoisotopic (exact) mass is 163 g/mol. The van der Waals surface area contributed by atoms with E-state index in [9.17, 15) is 8.78 Å². The van der Waals surface area contributed by atoms with Gasteiger partial charge in [-0.05, 0) is 6.42 Å². The van der Waals surface area contributed by atoms with E-state index in [1.807, 2.05) is 13.8 Å². The second-order valence-corrected chi connectivity index (χ2v) is 3.62. The number of nitrogens with one attached hydrogen (secondary N) is 1. The predicted molar refractivity (Wildman–Crippen MR) is 40.9 cm³/mol. The van der Waals surface area contributed by atoms with Crippen molar-refractivity contribution in [2.75, 3.05) is 0 Å². The fourth-order valence-electron chi connectivity index (χ4n) is 1.56. The highest BCUT2D eigenvalue weighted by molar-refractivity contribution is 4.86. The first-order chi connectivity index (χ1) is 4.99. The Balaban J connectivity index is 2.31. The SMILES string of the molecule is CC(C)NC1CCC(F)(F)C1. The van der Waals surface area contributed by atoms with Gasteiger partial charge >= 0.3 is 0 Å². The summed E-state index contributed by atoms with van der Waals surface area (Å²) < 4.78 is 25.2. The zero-order valence-corrected chi connectivity index (χ0v) is 7.03. The van der Waals surface area contributed by atoms with E-state index in [0.29, 0.717) is 12.5 Å². The third-order valence-corrected chi connectivity index (χ3v) is 1.97. The summed E-state index contributed by atoms with van der Waals surface area (Å²) >= 11 is 0. The first kappa shape index (κ1) is 8.91. The van der Waals surface area contributed by atoms with Crippen LogP contribution in [0, 0.1) is 0 Å². The van der Waals surface area contributed by atoms with Crippen LogP contribution in [-0.2, 0) is 0 Å². The highest BCUT2D eigenvalue weighted by Gasteiger charge is 2.39. The van der Waals surface area contributed by atoms with E-state index in [-0.39, 0.29) is 18.9 Å². The molecule has 66 valence electrons. The van der Waals surface area contributed by atoms with Crippen LogP contribution in [0.3, 0.4) is 0 Å². The molecule has 1 aliphatic rings. The largest absolute Gasteiger partial charge is 0.312 e. The van der Waals surface area contributed by atoms with Gasteiger partial charge in [0, 0.05) is 24.9 Å². The Morgan fingerprint density at radius 2 is 2.09 bits per heavy atom. The molecule has 1 rings (SSSR count). The van der Waals surface area contributed by atoms with Crippen LogP contribution in [0.25, 0.3) is 0 Å². The van der Waals surface area contributed by atoms with E-state index in [4.69, 9.17) is 0 Å². The van der Waals surface area contributed by atoms with Gasteiger partial charge in [-0.3, -0.25) is 0 Å². The molecule has 0 saturated heterocycles. The van der Waals surface area contributed by atoms with E-state index in [0.717, 1.165) is 0 Å². The van der Waals surface area contributed by atoms with Gasteiger partial charge in [0.1, 0.15) is 0 Å². The molecule has 0 amide bonds. The van der Waals surface area contributed by atoms with Crippen LogP contribution in [0.4, 0.5) is 8.78 Å². The summed E-state index contributed by atoms with van der Waals surface area (Å²) in [7, 11) is 0. The molecule has 0 bridgehead atoms. The molecule has 0 aliphatic heterocycles. The molecule has 0 aromatic heterocycles. The van der Waals surface area contributed by atoms with E-state index in [1.54, 1.807) is 0 Å². The lowest BCUT2D eigenvalue weighted by molar-refractivity contribution is 0.00672. The van der Waals surface area contributed by atoms with E-state index in [1.165, 1.54) is 0 Å². The van der Waals surface area contributed by atoms with Crippen LogP contribution in [0.2, 0.25) is 0 Å². The van der Waals surface area contributed by atoms with Crippen LogP contribution in [0.15, 0.2) is 0 Å². The van der Waals surface area contributed by atoms with Gasteiger partial charge in [-0.15, -0.1) is 0 Å². The highest BCUT2D eigenvalue weighted by Crippen LogP contribution is 2.34. The number of hydrogen-bond acceptors (Lipinski definition) is 1. The lowest BCUT2D eigenvalue weighted by atomic mass is 10.2. The van der Waals surface area contributed by atoms with Crippen molar-refractivity contribution in [3.63, 3.8) is 0 Å². The first-order valence-corrected chi connectivity index (χ1v) is 4.13. The third-order valence-electron chi connectivity index (χ3n) is 1.97. The van der Waals surface area contributed by atoms with Gasteiger partial charge in [0.2, 0.25) is 5.92 Å². The van der Waals surface area contributed by atoms with Crippen LogP contribution in [0.1, 0.15) is 33.1 Å². The molecule has 1 N–H and O–H groups in total. The maximum atomic E-state index is 12.6. The minimum Gasteiger partial charge on any atom is -0.312 e. The highest BCUT2D eigenvalue weighted by atomic mass is 19.3. The zero-order chi connectivity index (χ0) is 8.48. The van der Waals surface area contributed by atoms with E-state index in [2.05, 4.69) is 5.32 Å². The smallest absolute Gasteiger partial charge is 0.249 e. The molecule has 0 aromatic carbocycles. The third kappa shape index (κ3) is 2.73. The summed E-state index contributed by atoms with van der Waals surface area (Å²) in [6, 6.07) is 0.346. The summed E-state index contributed by atoms with van der Waals surface area (Å²) in [5.74, 6) is -2.41. The van der Waals surface area contributed by atoms with Crippen LogP contribution in [-0.4, -0.2) is 18.0 Å². The standard InChI is InChI=1S/C8H15F2N/c1-6(2)11-7-3-4-8(9,10)5-7/h6-7,11H,3-5H2,1-2H3. The van der Waals surface area contributed by atoms with Crippen molar-refractivity contribution in [1.82, 2.24) is 5.32 Å². The van der Waals surface area contributed by atoms with Gasteiger partial charge in [0.15, 0.2) is 0 Å². The summed E-state index contributed by atoms with van der Waals surface area (Å²) in [5, 5.41) is 3.12. The molecule has 0 radical (unpaired) electrons. The molecule has 1 saturated carbocycles. The Bertz CT molecular complexity index is 134. The number of rotatable bonds is 2. The minimum atomic E-state index is -2.41. The van der Waals surface area contributed by atoms with Gasteiger partial charge in [-0.2, -0.15) is 0 Å². The number of halogens is 2. The number of hydrogen-bond donors (Lipinski definition) is 1. The average Bonchev–Trinajstić information content (AvgIpc) is 2.08. The molecule has 1 fully saturated rings. The summed E-state index contributed by atoms with van der Waals surface area (Å²) in [6.45, 7) is 3.97. The van der Waals surface area contributed by atoms with E-state index >= 15 is 0 Å². The molecule has 1 nitrogen and oxygen atoms in total. The summed E-state index contributed by atoms with van der Waals surface area (Å²) in [4.78, 5) is 0. The van der Waals surface area contributed by atoms with Gasteiger partial charge in [0.05, 0.1) is 0 Å². The lowest BCUT2D eigenvalue weighted by Crippen LogP contribution is -2.33. The Morgan fingerprint density at radius 1 is 1.45 bits per heavy atom. The molecule has 1 atom stereocenters. The van der Waals surface area contributed by atoms with Crippen molar-refractivity contribution < 1.29 is 8.78 Å². The Labute approximate surface area is 66.2 Å². The van der Waals surface area contributed by atoms with Crippen LogP contribution < -0.4 is 5.32 Å². The van der Waals surface area contributed by atoms with Gasteiger partial charge < -0.3 is 5.32 Å². The molecular formula is C8H15F2N. The Morgan fingerprint density at radius 3 is 2.45 bits per heavy atom. The van der Waals surface area contributed by atoms with Gasteiger partial charge in [-0.1, -0.05) is 13.8 Å². The van der Waals surface area contributed by atoms with Crippen LogP contribution >= 0.6 is 0 Å². The maximum Gasteiger partial charge on any atom is 0.249 e. The summed E-state index contributed by atoms with van der Waals surface area (Å²) in [5.41, 5.74) is 0. The van der Waals surface area contributed by atoms with Crippen LogP contribution in [0.5, 0.6) is 0 Å². The second-order valence-electron chi connectivity index (χ2n) is 3.62. The normalized spacial score (nSPS) is 29.7. The molecule has 11 heavy (non-hydrogen) atoms. The van der Waals surface area contributed by atoms with Crippen molar-refractivity contribution in [2.24, 2.45) is 0 Å². The lowest BCUT2D eigenvalue weighted by Gasteiger charge is -2.15. The first-order valence-electron chi connectivity index (χ1n) is 4.13. The second kappa shape index (κ2) is 3.05.